The standard InChI is InChI=1S/C25H30N2O5/c1-17-6-5-7-18(2)27(17)24(28)16-30-20-12-10-19(11-13-20)25(29)26-14-21-15-31-22-8-3-4-9-23(22)32-21/h3-4,8-13,17-18,21H,5-7,14-16H2,1-2H3,(H,26,29)/t17-,18+,21-/m1/s1. The van der Waals surface area contributed by atoms with E-state index in [1.807, 2.05) is 29.2 Å². The molecule has 0 spiro atoms. The Hall–Kier alpha value is -3.22. The zero-order valence-electron chi connectivity index (χ0n) is 18.6. The largest absolute Gasteiger partial charge is 0.486 e. The van der Waals surface area contributed by atoms with E-state index in [0.717, 1.165) is 19.3 Å². The first-order valence-corrected chi connectivity index (χ1v) is 11.2. The molecule has 2 aliphatic rings. The van der Waals surface area contributed by atoms with Gasteiger partial charge in [0.2, 0.25) is 0 Å². The first kappa shape index (κ1) is 22.0. The van der Waals surface area contributed by atoms with Gasteiger partial charge in [0.15, 0.2) is 18.1 Å². The lowest BCUT2D eigenvalue weighted by Gasteiger charge is -2.38. The van der Waals surface area contributed by atoms with Gasteiger partial charge in [-0.1, -0.05) is 12.1 Å². The molecule has 170 valence electrons. The van der Waals surface area contributed by atoms with Crippen LogP contribution in [0.3, 0.4) is 0 Å². The molecule has 1 saturated heterocycles. The molecule has 2 aliphatic heterocycles. The Balaban J connectivity index is 1.24. The fourth-order valence-electron chi connectivity index (χ4n) is 4.31. The van der Waals surface area contributed by atoms with Crippen molar-refractivity contribution in [3.8, 4) is 17.2 Å². The molecule has 0 radical (unpaired) electrons. The molecular formula is C25H30N2O5. The number of benzene rings is 2. The number of nitrogens with zero attached hydrogens (tertiary/aromatic N) is 1. The molecule has 2 heterocycles. The van der Waals surface area contributed by atoms with Gasteiger partial charge in [-0.05, 0) is 69.5 Å². The van der Waals surface area contributed by atoms with E-state index < -0.39 is 0 Å². The maximum Gasteiger partial charge on any atom is 0.260 e. The van der Waals surface area contributed by atoms with Crippen LogP contribution < -0.4 is 19.5 Å². The summed E-state index contributed by atoms with van der Waals surface area (Å²) in [6, 6.07) is 14.8. The van der Waals surface area contributed by atoms with Crippen molar-refractivity contribution in [2.24, 2.45) is 0 Å². The normalized spacial score (nSPS) is 22.2. The molecule has 7 heteroatoms. The van der Waals surface area contributed by atoms with Crippen molar-refractivity contribution < 1.29 is 23.8 Å². The van der Waals surface area contributed by atoms with E-state index >= 15 is 0 Å². The fraction of sp³-hybridized carbons (Fsp3) is 0.440. The lowest BCUT2D eigenvalue weighted by molar-refractivity contribution is -0.139. The summed E-state index contributed by atoms with van der Waals surface area (Å²) in [5, 5.41) is 2.88. The molecule has 1 N–H and O–H groups in total. The number of hydrogen-bond acceptors (Lipinski definition) is 5. The maximum absolute atomic E-state index is 12.6. The van der Waals surface area contributed by atoms with Crippen LogP contribution in [0.2, 0.25) is 0 Å². The minimum absolute atomic E-state index is 0.000710. The molecular weight excluding hydrogens is 408 g/mol. The predicted octanol–water partition coefficient (Wildman–Crippen LogP) is 3.42. The molecule has 0 saturated carbocycles. The van der Waals surface area contributed by atoms with Gasteiger partial charge in [0.1, 0.15) is 18.5 Å². The summed E-state index contributed by atoms with van der Waals surface area (Å²) in [5.41, 5.74) is 0.513. The Morgan fingerprint density at radius 3 is 2.44 bits per heavy atom. The molecule has 0 unspecified atom stereocenters. The van der Waals surface area contributed by atoms with Crippen LogP contribution in [0, 0.1) is 0 Å². The first-order valence-electron chi connectivity index (χ1n) is 11.2. The van der Waals surface area contributed by atoms with Crippen molar-refractivity contribution in [2.75, 3.05) is 19.8 Å². The Morgan fingerprint density at radius 1 is 1.03 bits per heavy atom. The molecule has 1 fully saturated rings. The number of ether oxygens (including phenoxy) is 3. The van der Waals surface area contributed by atoms with Crippen LogP contribution in [-0.2, 0) is 4.79 Å². The van der Waals surface area contributed by atoms with Crippen molar-refractivity contribution in [1.82, 2.24) is 10.2 Å². The molecule has 2 amide bonds. The van der Waals surface area contributed by atoms with Crippen LogP contribution in [0.4, 0.5) is 0 Å². The Morgan fingerprint density at radius 2 is 1.72 bits per heavy atom. The second kappa shape index (κ2) is 9.94. The number of likely N-dealkylation sites (tertiary alicyclic amines) is 1. The van der Waals surface area contributed by atoms with Crippen LogP contribution in [0.15, 0.2) is 48.5 Å². The Bertz CT molecular complexity index is 936. The van der Waals surface area contributed by atoms with Gasteiger partial charge in [-0.2, -0.15) is 0 Å². The summed E-state index contributed by atoms with van der Waals surface area (Å²) in [4.78, 5) is 27.0. The zero-order chi connectivity index (χ0) is 22.5. The van der Waals surface area contributed by atoms with Crippen molar-refractivity contribution in [1.29, 1.82) is 0 Å². The highest BCUT2D eigenvalue weighted by molar-refractivity contribution is 5.94. The molecule has 7 nitrogen and oxygen atoms in total. The van der Waals surface area contributed by atoms with Crippen LogP contribution in [0.5, 0.6) is 17.2 Å². The van der Waals surface area contributed by atoms with E-state index in [0.29, 0.717) is 36.0 Å². The van der Waals surface area contributed by atoms with E-state index in [9.17, 15) is 9.59 Å². The van der Waals surface area contributed by atoms with Gasteiger partial charge in [-0.25, -0.2) is 0 Å². The zero-order valence-corrected chi connectivity index (χ0v) is 18.6. The molecule has 0 aliphatic carbocycles. The molecule has 0 bridgehead atoms. The van der Waals surface area contributed by atoms with Gasteiger partial charge >= 0.3 is 0 Å². The highest BCUT2D eigenvalue weighted by Crippen LogP contribution is 2.30. The van der Waals surface area contributed by atoms with Gasteiger partial charge in [0, 0.05) is 17.6 Å². The van der Waals surface area contributed by atoms with Gasteiger partial charge < -0.3 is 24.4 Å². The summed E-state index contributed by atoms with van der Waals surface area (Å²) in [7, 11) is 0. The average molecular weight is 439 g/mol. The number of nitrogens with one attached hydrogen (secondary N) is 1. The highest BCUT2D eigenvalue weighted by atomic mass is 16.6. The molecule has 4 rings (SSSR count). The van der Waals surface area contributed by atoms with Crippen LogP contribution in [0.1, 0.15) is 43.5 Å². The van der Waals surface area contributed by atoms with Gasteiger partial charge in [-0.15, -0.1) is 0 Å². The number of amides is 2. The van der Waals surface area contributed by atoms with Crippen LogP contribution in [0.25, 0.3) is 0 Å². The summed E-state index contributed by atoms with van der Waals surface area (Å²) in [5.74, 6) is 1.76. The number of carbonyl (C=O) groups is 2. The lowest BCUT2D eigenvalue weighted by Crippen LogP contribution is -2.49. The quantitative estimate of drug-likeness (QED) is 0.748. The highest BCUT2D eigenvalue weighted by Gasteiger charge is 2.29. The van der Waals surface area contributed by atoms with E-state index in [1.165, 1.54) is 0 Å². The number of rotatable bonds is 6. The molecule has 3 atom stereocenters. The number of fused-ring (bicyclic) bond motifs is 1. The monoisotopic (exact) mass is 438 g/mol. The van der Waals surface area contributed by atoms with Crippen molar-refractivity contribution in [3.05, 3.63) is 54.1 Å². The minimum Gasteiger partial charge on any atom is -0.486 e. The van der Waals surface area contributed by atoms with Crippen LogP contribution in [-0.4, -0.2) is 54.7 Å². The third kappa shape index (κ3) is 5.15. The van der Waals surface area contributed by atoms with Crippen molar-refractivity contribution in [2.45, 2.75) is 51.3 Å². The smallest absolute Gasteiger partial charge is 0.260 e. The van der Waals surface area contributed by atoms with E-state index in [2.05, 4.69) is 19.2 Å². The lowest BCUT2D eigenvalue weighted by atomic mass is 9.97. The van der Waals surface area contributed by atoms with E-state index in [-0.39, 0.29) is 36.6 Å². The Labute approximate surface area is 188 Å². The Kier molecular flexibility index (Phi) is 6.83. The summed E-state index contributed by atoms with van der Waals surface area (Å²) >= 11 is 0. The van der Waals surface area contributed by atoms with Gasteiger partial charge in [0.05, 0.1) is 6.54 Å². The molecule has 32 heavy (non-hydrogen) atoms. The predicted molar refractivity (Wildman–Crippen MR) is 120 cm³/mol. The first-order chi connectivity index (χ1) is 15.5. The topological polar surface area (TPSA) is 77.1 Å². The van der Waals surface area contributed by atoms with Gasteiger partial charge in [0.25, 0.3) is 11.8 Å². The van der Waals surface area contributed by atoms with Crippen molar-refractivity contribution in [3.63, 3.8) is 0 Å². The molecule has 2 aromatic carbocycles. The third-order valence-electron chi connectivity index (χ3n) is 6.02. The summed E-state index contributed by atoms with van der Waals surface area (Å²) in [6.45, 7) is 4.90. The number of hydrogen-bond donors (Lipinski definition) is 1. The van der Waals surface area contributed by atoms with Crippen molar-refractivity contribution >= 4 is 11.8 Å². The SMILES string of the molecule is C[C@@H]1CCC[C@H](C)N1C(=O)COc1ccc(C(=O)NC[C@@H]2COc3ccccc3O2)cc1. The van der Waals surface area contributed by atoms with Gasteiger partial charge in [-0.3, -0.25) is 9.59 Å². The molecule has 2 aromatic rings. The van der Waals surface area contributed by atoms with E-state index in [4.69, 9.17) is 14.2 Å². The minimum atomic E-state index is -0.248. The van der Waals surface area contributed by atoms with Crippen LogP contribution >= 0.6 is 0 Å². The summed E-state index contributed by atoms with van der Waals surface area (Å²) in [6.07, 6.45) is 2.97. The third-order valence-corrected chi connectivity index (χ3v) is 6.02. The van der Waals surface area contributed by atoms with E-state index in [1.54, 1.807) is 24.3 Å². The maximum atomic E-state index is 12.6. The fourth-order valence-corrected chi connectivity index (χ4v) is 4.31. The second-order valence-electron chi connectivity index (χ2n) is 8.45. The second-order valence-corrected chi connectivity index (χ2v) is 8.45. The molecule has 0 aromatic heterocycles. The number of para-hydroxylation sites is 2. The number of carbonyl (C=O) groups excluding carboxylic acids is 2. The summed E-state index contributed by atoms with van der Waals surface area (Å²) < 4.78 is 17.2. The average Bonchev–Trinajstić information content (AvgIpc) is 2.81. The number of piperidine rings is 1.